The van der Waals surface area contributed by atoms with Crippen molar-refractivity contribution in [2.75, 3.05) is 29.0 Å². The number of hydrogen-bond donors (Lipinski definition) is 2. The molecule has 3 aromatic rings. The summed E-state index contributed by atoms with van der Waals surface area (Å²) in [7, 11) is 0. The second kappa shape index (κ2) is 6.19. The predicted octanol–water partition coefficient (Wildman–Crippen LogP) is 2.59. The summed E-state index contributed by atoms with van der Waals surface area (Å²) in [5.41, 5.74) is 7.82. The molecule has 0 amide bonds. The molecular weight excluding hydrogens is 302 g/mol. The van der Waals surface area contributed by atoms with Crippen LogP contribution in [-0.4, -0.2) is 32.8 Å². The number of hydrogen-bond acceptors (Lipinski definition) is 6. The fourth-order valence-electron chi connectivity index (χ4n) is 2.88. The third-order valence-electron chi connectivity index (χ3n) is 4.07. The molecule has 0 unspecified atom stereocenters. The van der Waals surface area contributed by atoms with Gasteiger partial charge in [-0.2, -0.15) is 9.67 Å². The van der Waals surface area contributed by atoms with Gasteiger partial charge < -0.3 is 16.0 Å². The van der Waals surface area contributed by atoms with Gasteiger partial charge in [0.15, 0.2) is 0 Å². The smallest absolute Gasteiger partial charge is 0.248 e. The lowest BCUT2D eigenvalue weighted by atomic mass is 10.3. The largest absolute Gasteiger partial charge is 0.368 e. The molecule has 1 aliphatic heterocycles. The van der Waals surface area contributed by atoms with Gasteiger partial charge in [0.25, 0.3) is 0 Å². The van der Waals surface area contributed by atoms with Crippen LogP contribution in [0.4, 0.5) is 23.4 Å². The van der Waals surface area contributed by atoms with Gasteiger partial charge >= 0.3 is 0 Å². The molecule has 0 bridgehead atoms. The number of pyridine rings is 1. The first-order valence-electron chi connectivity index (χ1n) is 8.05. The van der Waals surface area contributed by atoms with E-state index in [0.717, 1.165) is 30.3 Å². The maximum atomic E-state index is 6.05. The second-order valence-electron chi connectivity index (χ2n) is 5.76. The Bertz CT molecular complexity index is 822. The van der Waals surface area contributed by atoms with Gasteiger partial charge in [-0.1, -0.05) is 18.2 Å². The highest BCUT2D eigenvalue weighted by Crippen LogP contribution is 2.22. The van der Waals surface area contributed by atoms with E-state index in [1.165, 1.54) is 12.8 Å². The summed E-state index contributed by atoms with van der Waals surface area (Å²) in [5, 5.41) is 7.62. The Kier molecular flexibility index (Phi) is 3.74. The first-order chi connectivity index (χ1) is 11.8. The molecule has 24 heavy (non-hydrogen) atoms. The number of nitrogens with zero attached hydrogens (tertiary/aromatic N) is 5. The van der Waals surface area contributed by atoms with Crippen molar-refractivity contribution >= 4 is 23.4 Å². The predicted molar refractivity (Wildman–Crippen MR) is 94.7 cm³/mol. The number of benzene rings is 1. The first-order valence-corrected chi connectivity index (χ1v) is 8.05. The van der Waals surface area contributed by atoms with Gasteiger partial charge in [0, 0.05) is 31.0 Å². The molecule has 3 N–H and O–H groups in total. The molecule has 1 saturated heterocycles. The van der Waals surface area contributed by atoms with Crippen LogP contribution >= 0.6 is 0 Å². The third-order valence-corrected chi connectivity index (χ3v) is 4.07. The van der Waals surface area contributed by atoms with Crippen molar-refractivity contribution in [2.24, 2.45) is 0 Å². The number of nitrogens with two attached hydrogens (primary N) is 1. The van der Waals surface area contributed by atoms with Gasteiger partial charge in [-0.05, 0) is 31.0 Å². The number of rotatable bonds is 4. The Balaban J connectivity index is 1.61. The number of nitrogen functional groups attached to an aromatic ring is 1. The van der Waals surface area contributed by atoms with Crippen molar-refractivity contribution in [3.63, 3.8) is 0 Å². The van der Waals surface area contributed by atoms with Gasteiger partial charge in [-0.25, -0.2) is 4.98 Å². The highest BCUT2D eigenvalue weighted by molar-refractivity contribution is 5.55. The molecular formula is C17H19N7. The molecule has 3 heterocycles. The molecule has 0 saturated carbocycles. The summed E-state index contributed by atoms with van der Waals surface area (Å²) in [6.07, 6.45) is 4.21. The van der Waals surface area contributed by atoms with Crippen LogP contribution in [0, 0.1) is 0 Å². The molecule has 0 atom stereocenters. The van der Waals surface area contributed by atoms with E-state index in [1.54, 1.807) is 10.9 Å². The van der Waals surface area contributed by atoms with E-state index in [2.05, 4.69) is 25.3 Å². The third kappa shape index (κ3) is 2.88. The average Bonchev–Trinajstić information content (AvgIpc) is 3.26. The SMILES string of the molecule is Nc1nc(Nc2ccccc2)nn1-c1ccnc(N2CCCC2)c1. The lowest BCUT2D eigenvalue weighted by molar-refractivity contribution is 0.879. The molecule has 1 fully saturated rings. The maximum Gasteiger partial charge on any atom is 0.248 e. The summed E-state index contributed by atoms with van der Waals surface area (Å²) in [5.74, 6) is 1.77. The Morgan fingerprint density at radius 3 is 2.62 bits per heavy atom. The number of nitrogens with one attached hydrogen (secondary N) is 1. The Morgan fingerprint density at radius 2 is 1.83 bits per heavy atom. The van der Waals surface area contributed by atoms with Gasteiger partial charge in [0.05, 0.1) is 5.69 Å². The summed E-state index contributed by atoms with van der Waals surface area (Å²) in [4.78, 5) is 11.0. The zero-order valence-corrected chi connectivity index (χ0v) is 13.3. The van der Waals surface area contributed by atoms with Crippen molar-refractivity contribution in [3.05, 3.63) is 48.7 Å². The van der Waals surface area contributed by atoms with Crippen LogP contribution in [0.25, 0.3) is 5.69 Å². The van der Waals surface area contributed by atoms with Gasteiger partial charge in [-0.3, -0.25) is 0 Å². The summed E-state index contributed by atoms with van der Waals surface area (Å²) in [6, 6.07) is 13.7. The highest BCUT2D eigenvalue weighted by Gasteiger charge is 2.15. The molecule has 7 heteroatoms. The van der Waals surface area contributed by atoms with E-state index in [1.807, 2.05) is 42.5 Å². The molecule has 0 radical (unpaired) electrons. The zero-order valence-electron chi connectivity index (χ0n) is 13.3. The molecule has 0 spiro atoms. The van der Waals surface area contributed by atoms with Crippen LogP contribution in [0.2, 0.25) is 0 Å². The molecule has 7 nitrogen and oxygen atoms in total. The van der Waals surface area contributed by atoms with Crippen molar-refractivity contribution in [1.29, 1.82) is 0 Å². The van der Waals surface area contributed by atoms with E-state index in [-0.39, 0.29) is 0 Å². The number of aromatic nitrogens is 4. The Morgan fingerprint density at radius 1 is 1.04 bits per heavy atom. The van der Waals surface area contributed by atoms with E-state index in [4.69, 9.17) is 5.73 Å². The topological polar surface area (TPSA) is 84.9 Å². The summed E-state index contributed by atoms with van der Waals surface area (Å²) in [6.45, 7) is 2.09. The van der Waals surface area contributed by atoms with E-state index < -0.39 is 0 Å². The standard InChI is InChI=1S/C17H19N7/c18-16-21-17(20-13-6-2-1-3-7-13)22-24(16)14-8-9-19-15(12-14)23-10-4-5-11-23/h1-3,6-9,12H,4-5,10-11H2,(H3,18,20,21,22). The molecule has 2 aromatic heterocycles. The fraction of sp³-hybridized carbons (Fsp3) is 0.235. The normalized spacial score (nSPS) is 14.1. The average molecular weight is 321 g/mol. The Labute approximate surface area is 140 Å². The summed E-state index contributed by atoms with van der Waals surface area (Å²) >= 11 is 0. The van der Waals surface area contributed by atoms with Crippen LogP contribution < -0.4 is 16.0 Å². The van der Waals surface area contributed by atoms with E-state index in [0.29, 0.717) is 11.9 Å². The lowest BCUT2D eigenvalue weighted by Crippen LogP contribution is -2.19. The fourth-order valence-corrected chi connectivity index (χ4v) is 2.88. The highest BCUT2D eigenvalue weighted by atomic mass is 15.4. The molecule has 122 valence electrons. The minimum atomic E-state index is 0.340. The van der Waals surface area contributed by atoms with Crippen molar-refractivity contribution < 1.29 is 0 Å². The van der Waals surface area contributed by atoms with Crippen LogP contribution in [0.5, 0.6) is 0 Å². The lowest BCUT2D eigenvalue weighted by Gasteiger charge is -2.16. The minimum absolute atomic E-state index is 0.340. The van der Waals surface area contributed by atoms with Gasteiger partial charge in [-0.15, -0.1) is 5.10 Å². The minimum Gasteiger partial charge on any atom is -0.368 e. The van der Waals surface area contributed by atoms with Crippen molar-refractivity contribution in [2.45, 2.75) is 12.8 Å². The van der Waals surface area contributed by atoms with Crippen LogP contribution in [0.1, 0.15) is 12.8 Å². The zero-order chi connectivity index (χ0) is 16.4. The van der Waals surface area contributed by atoms with E-state index in [9.17, 15) is 0 Å². The quantitative estimate of drug-likeness (QED) is 0.768. The maximum absolute atomic E-state index is 6.05. The second-order valence-corrected chi connectivity index (χ2v) is 5.76. The van der Waals surface area contributed by atoms with Crippen molar-refractivity contribution in [3.8, 4) is 5.69 Å². The first kappa shape index (κ1) is 14.5. The number of para-hydroxylation sites is 1. The van der Waals surface area contributed by atoms with E-state index >= 15 is 0 Å². The summed E-state index contributed by atoms with van der Waals surface area (Å²) < 4.78 is 1.63. The van der Waals surface area contributed by atoms with Crippen LogP contribution in [-0.2, 0) is 0 Å². The van der Waals surface area contributed by atoms with Gasteiger partial charge in [0.1, 0.15) is 5.82 Å². The monoisotopic (exact) mass is 321 g/mol. The number of anilines is 4. The van der Waals surface area contributed by atoms with Crippen LogP contribution in [0.3, 0.4) is 0 Å². The Hall–Kier alpha value is -3.09. The van der Waals surface area contributed by atoms with Crippen molar-refractivity contribution in [1.82, 2.24) is 19.7 Å². The molecule has 0 aliphatic carbocycles. The molecule has 4 rings (SSSR count). The van der Waals surface area contributed by atoms with Gasteiger partial charge in [0.2, 0.25) is 11.9 Å². The molecule has 1 aromatic carbocycles. The van der Waals surface area contributed by atoms with Crippen LogP contribution in [0.15, 0.2) is 48.7 Å². The molecule has 1 aliphatic rings.